The number of carbonyl (C=O) groups excluding carboxylic acids is 2. The van der Waals surface area contributed by atoms with Crippen molar-refractivity contribution in [1.29, 1.82) is 0 Å². The largest absolute Gasteiger partial charge is 0.496 e. The average Bonchev–Trinajstić information content (AvgIpc) is 3.24. The van der Waals surface area contributed by atoms with Crippen LogP contribution in [0, 0.1) is 0 Å². The fourth-order valence-corrected chi connectivity index (χ4v) is 2.99. The van der Waals surface area contributed by atoms with E-state index in [0.717, 1.165) is 4.47 Å². The Bertz CT molecular complexity index is 1010. The fourth-order valence-electron chi connectivity index (χ4n) is 2.48. The van der Waals surface area contributed by atoms with Crippen molar-refractivity contribution in [2.75, 3.05) is 19.0 Å². The van der Waals surface area contributed by atoms with Gasteiger partial charge in [-0.05, 0) is 40.8 Å². The maximum Gasteiger partial charge on any atom is 0.255 e. The van der Waals surface area contributed by atoms with E-state index in [0.29, 0.717) is 17.1 Å². The lowest BCUT2D eigenvalue weighted by Crippen LogP contribution is -2.28. The number of hydrogen-bond donors (Lipinski definition) is 2. The molecule has 0 radical (unpaired) electrons. The van der Waals surface area contributed by atoms with Gasteiger partial charge in [-0.25, -0.2) is 0 Å². The van der Waals surface area contributed by atoms with E-state index in [1.165, 1.54) is 24.2 Å². The molecule has 3 aromatic rings. The van der Waals surface area contributed by atoms with Gasteiger partial charge in [-0.15, -0.1) is 5.10 Å². The SMILES string of the molecule is COc1cc(-n2cnnn2)c(Cl)cc1C(=O)NCCC(=O)Nc1ccc(Br)cc1. The Balaban J connectivity index is 1.61. The number of rotatable bonds is 7. The van der Waals surface area contributed by atoms with Crippen molar-refractivity contribution in [2.24, 2.45) is 0 Å². The summed E-state index contributed by atoms with van der Waals surface area (Å²) in [5.41, 5.74) is 1.39. The molecule has 0 saturated carbocycles. The van der Waals surface area contributed by atoms with Gasteiger partial charge in [0.2, 0.25) is 5.91 Å². The molecule has 0 aliphatic carbocycles. The Labute approximate surface area is 179 Å². The molecule has 0 aliphatic rings. The Morgan fingerprint density at radius 3 is 2.66 bits per heavy atom. The summed E-state index contributed by atoms with van der Waals surface area (Å²) in [6.07, 6.45) is 1.49. The van der Waals surface area contributed by atoms with E-state index < -0.39 is 5.91 Å². The number of ether oxygens (including phenoxy) is 1. The molecule has 0 bridgehead atoms. The summed E-state index contributed by atoms with van der Waals surface area (Å²) >= 11 is 9.59. The van der Waals surface area contributed by atoms with Crippen LogP contribution in [0.5, 0.6) is 5.75 Å². The first-order valence-electron chi connectivity index (χ1n) is 8.42. The van der Waals surface area contributed by atoms with Gasteiger partial charge in [-0.3, -0.25) is 9.59 Å². The maximum absolute atomic E-state index is 12.5. The molecular formula is C18H16BrClN6O3. The van der Waals surface area contributed by atoms with Crippen LogP contribution in [0.2, 0.25) is 5.02 Å². The van der Waals surface area contributed by atoms with Crippen molar-refractivity contribution in [3.8, 4) is 11.4 Å². The molecule has 1 aromatic heterocycles. The second-order valence-electron chi connectivity index (χ2n) is 5.82. The van der Waals surface area contributed by atoms with Crippen molar-refractivity contribution in [3.63, 3.8) is 0 Å². The molecule has 2 aromatic carbocycles. The molecule has 0 fully saturated rings. The Morgan fingerprint density at radius 2 is 2.00 bits per heavy atom. The van der Waals surface area contributed by atoms with Gasteiger partial charge in [0.1, 0.15) is 12.1 Å². The average molecular weight is 480 g/mol. The summed E-state index contributed by atoms with van der Waals surface area (Å²) in [4.78, 5) is 24.5. The molecule has 0 atom stereocenters. The van der Waals surface area contributed by atoms with E-state index in [-0.39, 0.29) is 29.5 Å². The number of carbonyl (C=O) groups is 2. The first kappa shape index (κ1) is 20.7. The minimum absolute atomic E-state index is 0.112. The third kappa shape index (κ3) is 5.30. The molecule has 11 heteroatoms. The van der Waals surface area contributed by atoms with Crippen LogP contribution >= 0.6 is 27.5 Å². The maximum atomic E-state index is 12.5. The molecule has 0 unspecified atom stereocenters. The molecule has 2 N–H and O–H groups in total. The van der Waals surface area contributed by atoms with E-state index in [4.69, 9.17) is 16.3 Å². The van der Waals surface area contributed by atoms with E-state index in [1.54, 1.807) is 18.2 Å². The second kappa shape index (κ2) is 9.48. The molecule has 0 saturated heterocycles. The van der Waals surface area contributed by atoms with Crippen LogP contribution in [0.1, 0.15) is 16.8 Å². The molecule has 0 aliphatic heterocycles. The number of halogens is 2. The minimum atomic E-state index is -0.413. The number of nitrogens with zero attached hydrogens (tertiary/aromatic N) is 4. The van der Waals surface area contributed by atoms with Gasteiger partial charge in [-0.1, -0.05) is 27.5 Å². The van der Waals surface area contributed by atoms with Gasteiger partial charge in [0.15, 0.2) is 0 Å². The van der Waals surface area contributed by atoms with Crippen LogP contribution in [-0.4, -0.2) is 45.7 Å². The first-order valence-corrected chi connectivity index (χ1v) is 9.59. The quantitative estimate of drug-likeness (QED) is 0.539. The molecule has 150 valence electrons. The predicted molar refractivity (Wildman–Crippen MR) is 110 cm³/mol. The number of nitrogens with one attached hydrogen (secondary N) is 2. The number of tetrazole rings is 1. The van der Waals surface area contributed by atoms with Gasteiger partial charge in [-0.2, -0.15) is 4.68 Å². The molecule has 9 nitrogen and oxygen atoms in total. The molecular weight excluding hydrogens is 464 g/mol. The van der Waals surface area contributed by atoms with Crippen molar-refractivity contribution in [1.82, 2.24) is 25.5 Å². The highest BCUT2D eigenvalue weighted by Crippen LogP contribution is 2.29. The molecule has 1 heterocycles. The number of methoxy groups -OCH3 is 1. The van der Waals surface area contributed by atoms with Crippen molar-refractivity contribution >= 4 is 45.0 Å². The van der Waals surface area contributed by atoms with Crippen LogP contribution in [0.3, 0.4) is 0 Å². The highest BCUT2D eigenvalue weighted by molar-refractivity contribution is 9.10. The number of hydrogen-bond acceptors (Lipinski definition) is 6. The summed E-state index contributed by atoms with van der Waals surface area (Å²) in [5, 5.41) is 16.6. The van der Waals surface area contributed by atoms with E-state index in [1.807, 2.05) is 12.1 Å². The first-order chi connectivity index (χ1) is 14.0. The van der Waals surface area contributed by atoms with Crippen LogP contribution in [0.25, 0.3) is 5.69 Å². The summed E-state index contributed by atoms with van der Waals surface area (Å²) < 4.78 is 7.57. The monoisotopic (exact) mass is 478 g/mol. The molecule has 3 rings (SSSR count). The Hall–Kier alpha value is -2.98. The van der Waals surface area contributed by atoms with Gasteiger partial charge >= 0.3 is 0 Å². The lowest BCUT2D eigenvalue weighted by molar-refractivity contribution is -0.116. The van der Waals surface area contributed by atoms with Crippen molar-refractivity contribution in [2.45, 2.75) is 6.42 Å². The van der Waals surface area contributed by atoms with Gasteiger partial charge in [0.05, 0.1) is 23.4 Å². The summed E-state index contributed by atoms with van der Waals surface area (Å²) in [5.74, 6) is -0.327. The topological polar surface area (TPSA) is 111 Å². The highest BCUT2D eigenvalue weighted by Gasteiger charge is 2.17. The zero-order valence-corrected chi connectivity index (χ0v) is 17.6. The molecule has 0 spiro atoms. The summed E-state index contributed by atoms with van der Waals surface area (Å²) in [7, 11) is 1.44. The normalized spacial score (nSPS) is 10.4. The number of benzene rings is 2. The Morgan fingerprint density at radius 1 is 1.24 bits per heavy atom. The van der Waals surface area contributed by atoms with Crippen LogP contribution in [0.15, 0.2) is 47.2 Å². The third-order valence-electron chi connectivity index (χ3n) is 3.87. The minimum Gasteiger partial charge on any atom is -0.496 e. The fraction of sp³-hybridized carbons (Fsp3) is 0.167. The zero-order valence-electron chi connectivity index (χ0n) is 15.2. The van der Waals surface area contributed by atoms with E-state index >= 15 is 0 Å². The van der Waals surface area contributed by atoms with Crippen molar-refractivity contribution in [3.05, 3.63) is 57.8 Å². The van der Waals surface area contributed by atoms with Gasteiger partial charge < -0.3 is 15.4 Å². The third-order valence-corrected chi connectivity index (χ3v) is 4.71. The number of amides is 2. The van der Waals surface area contributed by atoms with Gasteiger partial charge in [0.25, 0.3) is 5.91 Å². The van der Waals surface area contributed by atoms with Crippen molar-refractivity contribution < 1.29 is 14.3 Å². The van der Waals surface area contributed by atoms with Crippen LogP contribution in [-0.2, 0) is 4.79 Å². The Kier molecular flexibility index (Phi) is 6.78. The standard InChI is InChI=1S/C18H16BrClN6O3/c1-29-16-9-15(26-10-22-24-25-26)14(20)8-13(16)18(28)21-7-6-17(27)23-12-4-2-11(19)3-5-12/h2-5,8-10H,6-7H2,1H3,(H,21,28)(H,23,27). The van der Waals surface area contributed by atoms with Crippen LogP contribution < -0.4 is 15.4 Å². The lowest BCUT2D eigenvalue weighted by Gasteiger charge is -2.12. The molecule has 29 heavy (non-hydrogen) atoms. The van der Waals surface area contributed by atoms with E-state index in [9.17, 15) is 9.59 Å². The molecule has 2 amide bonds. The zero-order chi connectivity index (χ0) is 20.8. The number of aromatic nitrogens is 4. The van der Waals surface area contributed by atoms with Gasteiger partial charge in [0, 0.05) is 29.2 Å². The highest BCUT2D eigenvalue weighted by atomic mass is 79.9. The number of anilines is 1. The second-order valence-corrected chi connectivity index (χ2v) is 7.14. The summed E-state index contributed by atoms with van der Waals surface area (Å²) in [6.45, 7) is 0.150. The van der Waals surface area contributed by atoms with Crippen LogP contribution in [0.4, 0.5) is 5.69 Å². The van der Waals surface area contributed by atoms with E-state index in [2.05, 4.69) is 42.1 Å². The smallest absolute Gasteiger partial charge is 0.255 e. The summed E-state index contributed by atoms with van der Waals surface area (Å²) in [6, 6.07) is 10.2. The predicted octanol–water partition coefficient (Wildman–Crippen LogP) is 2.85. The lowest BCUT2D eigenvalue weighted by atomic mass is 10.1.